The Morgan fingerprint density at radius 1 is 1.67 bits per heavy atom. The molecule has 0 aromatic rings. The van der Waals surface area contributed by atoms with E-state index < -0.39 is 0 Å². The minimum absolute atomic E-state index is 0.0579. The first-order valence-corrected chi connectivity index (χ1v) is 4.95. The van der Waals surface area contributed by atoms with Crippen molar-refractivity contribution in [1.82, 2.24) is 0 Å². The van der Waals surface area contributed by atoms with Crippen molar-refractivity contribution < 1.29 is 9.53 Å². The Bertz CT molecular complexity index is 193. The van der Waals surface area contributed by atoms with Crippen molar-refractivity contribution in [3.63, 3.8) is 0 Å². The summed E-state index contributed by atoms with van der Waals surface area (Å²) in [5.74, 6) is 0.497. The van der Waals surface area contributed by atoms with E-state index in [9.17, 15) is 4.79 Å². The van der Waals surface area contributed by atoms with E-state index >= 15 is 0 Å². The molecule has 0 amide bonds. The molecule has 1 saturated heterocycles. The molecule has 0 saturated carbocycles. The van der Waals surface area contributed by atoms with Gasteiger partial charge in [-0.3, -0.25) is 4.79 Å². The summed E-state index contributed by atoms with van der Waals surface area (Å²) in [7, 11) is 1.41. The van der Waals surface area contributed by atoms with Gasteiger partial charge in [-0.25, -0.2) is 0 Å². The highest BCUT2D eigenvalue weighted by molar-refractivity contribution is 8.01. The van der Waals surface area contributed by atoms with E-state index in [1.165, 1.54) is 7.11 Å². The summed E-state index contributed by atoms with van der Waals surface area (Å²) in [6, 6.07) is -0.0579. The van der Waals surface area contributed by atoms with Gasteiger partial charge in [0, 0.05) is 16.5 Å². The lowest BCUT2D eigenvalue weighted by Gasteiger charge is -2.25. The quantitative estimate of drug-likeness (QED) is 0.615. The largest absolute Gasteiger partial charge is 0.469 e. The number of hydrogen-bond donors (Lipinski definition) is 1. The van der Waals surface area contributed by atoms with E-state index in [-0.39, 0.29) is 22.7 Å². The molecule has 2 unspecified atom stereocenters. The SMILES string of the molecule is COC(=O)C1C(N)CSC1(C)C. The van der Waals surface area contributed by atoms with Gasteiger partial charge in [0.25, 0.3) is 0 Å². The van der Waals surface area contributed by atoms with Gasteiger partial charge in [0.2, 0.25) is 0 Å². The molecule has 0 aromatic carbocycles. The van der Waals surface area contributed by atoms with Crippen LogP contribution in [0.25, 0.3) is 0 Å². The predicted octanol–water partition coefficient (Wildman–Crippen LogP) is 0.628. The molecule has 0 aliphatic carbocycles. The second kappa shape index (κ2) is 3.26. The number of esters is 1. The topological polar surface area (TPSA) is 52.3 Å². The predicted molar refractivity (Wildman–Crippen MR) is 50.0 cm³/mol. The summed E-state index contributed by atoms with van der Waals surface area (Å²) >= 11 is 1.73. The molecule has 1 heterocycles. The second-order valence-electron chi connectivity index (χ2n) is 3.58. The molecule has 2 N–H and O–H groups in total. The molecule has 3 nitrogen and oxygen atoms in total. The fourth-order valence-electron chi connectivity index (χ4n) is 1.60. The Labute approximate surface area is 77.0 Å². The number of rotatable bonds is 1. The van der Waals surface area contributed by atoms with Crippen LogP contribution in [-0.2, 0) is 9.53 Å². The van der Waals surface area contributed by atoms with Gasteiger partial charge in [0.05, 0.1) is 13.0 Å². The molecule has 4 heteroatoms. The van der Waals surface area contributed by atoms with Crippen LogP contribution in [0.15, 0.2) is 0 Å². The number of carbonyl (C=O) groups excluding carboxylic acids is 1. The molecular formula is C8H15NO2S. The first-order chi connectivity index (χ1) is 5.49. The lowest BCUT2D eigenvalue weighted by atomic mass is 9.89. The molecule has 70 valence electrons. The summed E-state index contributed by atoms with van der Waals surface area (Å²) in [5, 5.41) is 0. The molecule has 12 heavy (non-hydrogen) atoms. The van der Waals surface area contributed by atoms with Crippen molar-refractivity contribution in [2.75, 3.05) is 12.9 Å². The van der Waals surface area contributed by atoms with Crippen molar-refractivity contribution in [3.05, 3.63) is 0 Å². The standard InChI is InChI=1S/C8H15NO2S/c1-8(2)6(7(10)11-3)5(9)4-12-8/h5-6H,4,9H2,1-3H3. The monoisotopic (exact) mass is 189 g/mol. The zero-order chi connectivity index (χ0) is 9.35. The minimum Gasteiger partial charge on any atom is -0.469 e. The van der Waals surface area contributed by atoms with Crippen LogP contribution in [0.4, 0.5) is 0 Å². The molecule has 0 spiro atoms. The Morgan fingerprint density at radius 2 is 2.25 bits per heavy atom. The van der Waals surface area contributed by atoms with E-state index in [1.807, 2.05) is 13.8 Å². The third kappa shape index (κ3) is 1.59. The number of hydrogen-bond acceptors (Lipinski definition) is 4. The molecule has 1 fully saturated rings. The minimum atomic E-state index is -0.183. The van der Waals surface area contributed by atoms with Crippen molar-refractivity contribution in [2.24, 2.45) is 11.7 Å². The second-order valence-corrected chi connectivity index (χ2v) is 5.25. The number of methoxy groups -OCH3 is 1. The van der Waals surface area contributed by atoms with Crippen LogP contribution in [0, 0.1) is 5.92 Å². The number of thioether (sulfide) groups is 1. The van der Waals surface area contributed by atoms with Gasteiger partial charge in [-0.1, -0.05) is 0 Å². The van der Waals surface area contributed by atoms with Crippen LogP contribution in [0.3, 0.4) is 0 Å². The van der Waals surface area contributed by atoms with Crippen LogP contribution in [-0.4, -0.2) is 29.6 Å². The Hall–Kier alpha value is -0.220. The third-order valence-electron chi connectivity index (χ3n) is 2.28. The Kier molecular flexibility index (Phi) is 2.68. The third-order valence-corrected chi connectivity index (χ3v) is 3.83. The van der Waals surface area contributed by atoms with Gasteiger partial charge < -0.3 is 10.5 Å². The number of carbonyl (C=O) groups is 1. The molecular weight excluding hydrogens is 174 g/mol. The highest BCUT2D eigenvalue weighted by atomic mass is 32.2. The summed E-state index contributed by atoms with van der Waals surface area (Å²) < 4.78 is 4.63. The van der Waals surface area contributed by atoms with Crippen molar-refractivity contribution in [3.8, 4) is 0 Å². The molecule has 2 atom stereocenters. The van der Waals surface area contributed by atoms with Crippen molar-refractivity contribution in [2.45, 2.75) is 24.6 Å². The fraction of sp³-hybridized carbons (Fsp3) is 0.875. The highest BCUT2D eigenvalue weighted by Gasteiger charge is 2.46. The zero-order valence-corrected chi connectivity index (χ0v) is 8.48. The first kappa shape index (κ1) is 9.86. The van der Waals surface area contributed by atoms with Crippen LogP contribution in [0.5, 0.6) is 0 Å². The van der Waals surface area contributed by atoms with Crippen LogP contribution >= 0.6 is 11.8 Å². The van der Waals surface area contributed by atoms with Gasteiger partial charge in [-0.05, 0) is 13.8 Å². The molecule has 1 aliphatic rings. The molecule has 1 rings (SSSR count). The average Bonchev–Trinajstić information content (AvgIpc) is 2.25. The van der Waals surface area contributed by atoms with Crippen LogP contribution in [0.2, 0.25) is 0 Å². The van der Waals surface area contributed by atoms with Crippen LogP contribution in [0.1, 0.15) is 13.8 Å². The maximum Gasteiger partial charge on any atom is 0.311 e. The molecule has 0 bridgehead atoms. The highest BCUT2D eigenvalue weighted by Crippen LogP contribution is 2.42. The summed E-state index contributed by atoms with van der Waals surface area (Å²) in [6.45, 7) is 4.07. The number of ether oxygens (including phenoxy) is 1. The normalized spacial score (nSPS) is 33.3. The smallest absolute Gasteiger partial charge is 0.311 e. The summed E-state index contributed by atoms with van der Waals surface area (Å²) in [6.07, 6.45) is 0. The van der Waals surface area contributed by atoms with Crippen molar-refractivity contribution >= 4 is 17.7 Å². The Morgan fingerprint density at radius 3 is 2.58 bits per heavy atom. The van der Waals surface area contributed by atoms with E-state index in [0.717, 1.165) is 5.75 Å². The number of nitrogens with two attached hydrogens (primary N) is 1. The van der Waals surface area contributed by atoms with E-state index in [2.05, 4.69) is 0 Å². The van der Waals surface area contributed by atoms with Gasteiger partial charge in [0.1, 0.15) is 0 Å². The average molecular weight is 189 g/mol. The van der Waals surface area contributed by atoms with E-state index in [4.69, 9.17) is 10.5 Å². The van der Waals surface area contributed by atoms with E-state index in [0.29, 0.717) is 0 Å². The zero-order valence-electron chi connectivity index (χ0n) is 7.66. The van der Waals surface area contributed by atoms with Gasteiger partial charge in [-0.2, -0.15) is 11.8 Å². The molecule has 0 aromatic heterocycles. The Balaban J connectivity index is 2.78. The molecule has 0 radical (unpaired) electrons. The van der Waals surface area contributed by atoms with Gasteiger partial charge in [-0.15, -0.1) is 0 Å². The summed E-state index contributed by atoms with van der Waals surface area (Å²) in [4.78, 5) is 11.3. The lowest BCUT2D eigenvalue weighted by Crippen LogP contribution is -2.42. The lowest BCUT2D eigenvalue weighted by molar-refractivity contribution is -0.146. The fourth-order valence-corrected chi connectivity index (χ4v) is 2.86. The molecule has 1 aliphatic heterocycles. The van der Waals surface area contributed by atoms with Gasteiger partial charge >= 0.3 is 5.97 Å². The van der Waals surface area contributed by atoms with Crippen LogP contribution < -0.4 is 5.73 Å². The maximum absolute atomic E-state index is 11.3. The summed E-state index contributed by atoms with van der Waals surface area (Å²) in [5.41, 5.74) is 5.81. The van der Waals surface area contributed by atoms with E-state index in [1.54, 1.807) is 11.8 Å². The first-order valence-electron chi connectivity index (χ1n) is 3.96. The maximum atomic E-state index is 11.3. The van der Waals surface area contributed by atoms with Gasteiger partial charge in [0.15, 0.2) is 0 Å². The van der Waals surface area contributed by atoms with Crippen molar-refractivity contribution in [1.29, 1.82) is 0 Å².